The number of ketones is 1. The van der Waals surface area contributed by atoms with E-state index in [4.69, 9.17) is 21.8 Å². The number of benzene rings is 1. The fourth-order valence-electron chi connectivity index (χ4n) is 1.68. The average molecular weight is 272 g/mol. The van der Waals surface area contributed by atoms with Crippen LogP contribution < -0.4 is 0 Å². The highest BCUT2D eigenvalue weighted by atomic mass is 35.5. The summed E-state index contributed by atoms with van der Waals surface area (Å²) in [5.41, 5.74) is 0.593. The van der Waals surface area contributed by atoms with Crippen LogP contribution >= 0.6 is 11.6 Å². The van der Waals surface area contributed by atoms with Gasteiger partial charge >= 0.3 is 0 Å². The molecule has 100 valence electrons. The molecule has 0 amide bonds. The van der Waals surface area contributed by atoms with E-state index in [1.54, 1.807) is 24.3 Å². The minimum Gasteiger partial charge on any atom is -0.395 e. The maximum atomic E-state index is 11.9. The van der Waals surface area contributed by atoms with Gasteiger partial charge in [0, 0.05) is 36.6 Å². The third-order valence-corrected chi connectivity index (χ3v) is 2.87. The van der Waals surface area contributed by atoms with E-state index in [0.29, 0.717) is 36.6 Å². The molecule has 2 N–H and O–H groups in total. The Morgan fingerprint density at radius 3 is 2.39 bits per heavy atom. The Morgan fingerprint density at radius 1 is 1.17 bits per heavy atom. The van der Waals surface area contributed by atoms with Crippen LogP contribution in [0.3, 0.4) is 0 Å². The van der Waals surface area contributed by atoms with E-state index in [0.717, 1.165) is 0 Å². The van der Waals surface area contributed by atoms with Crippen LogP contribution in [0.4, 0.5) is 0 Å². The Hall–Kier alpha value is -0.940. The van der Waals surface area contributed by atoms with E-state index in [1.807, 2.05) is 4.90 Å². The summed E-state index contributed by atoms with van der Waals surface area (Å²) >= 11 is 5.82. The number of nitrogens with zero attached hydrogens (tertiary/aromatic N) is 1. The standard InChI is InChI=1S/C13H18ClNO3/c14-12-3-1-2-11(10-12)13(18)4-5-15(6-8-16)7-9-17/h1-3,10,16-17H,4-9H2. The zero-order valence-corrected chi connectivity index (χ0v) is 10.9. The fraction of sp³-hybridized carbons (Fsp3) is 0.462. The highest BCUT2D eigenvalue weighted by Crippen LogP contribution is 2.12. The van der Waals surface area contributed by atoms with Crippen molar-refractivity contribution in [2.24, 2.45) is 0 Å². The minimum atomic E-state index is 0.0124. The molecular weight excluding hydrogens is 254 g/mol. The number of halogens is 1. The van der Waals surface area contributed by atoms with Gasteiger partial charge in [-0.25, -0.2) is 0 Å². The van der Waals surface area contributed by atoms with E-state index < -0.39 is 0 Å². The summed E-state index contributed by atoms with van der Waals surface area (Å²) < 4.78 is 0. The van der Waals surface area contributed by atoms with Crippen LogP contribution in [0, 0.1) is 0 Å². The molecule has 1 aromatic carbocycles. The lowest BCUT2D eigenvalue weighted by molar-refractivity contribution is 0.0947. The third kappa shape index (κ3) is 5.14. The van der Waals surface area contributed by atoms with Crippen molar-refractivity contribution in [3.63, 3.8) is 0 Å². The SMILES string of the molecule is O=C(CCN(CCO)CCO)c1cccc(Cl)c1. The number of Topliss-reactive ketones (excluding diaryl/α,β-unsaturated/α-hetero) is 1. The summed E-state index contributed by atoms with van der Waals surface area (Å²) in [7, 11) is 0. The summed E-state index contributed by atoms with van der Waals surface area (Å²) in [6.07, 6.45) is 0.348. The van der Waals surface area contributed by atoms with Gasteiger partial charge in [-0.2, -0.15) is 0 Å². The van der Waals surface area contributed by atoms with Gasteiger partial charge in [-0.15, -0.1) is 0 Å². The van der Waals surface area contributed by atoms with Gasteiger partial charge in [0.2, 0.25) is 0 Å². The molecule has 0 heterocycles. The molecule has 0 aromatic heterocycles. The van der Waals surface area contributed by atoms with E-state index in [2.05, 4.69) is 0 Å². The summed E-state index contributed by atoms with van der Waals surface area (Å²) in [6.45, 7) is 1.48. The van der Waals surface area contributed by atoms with Crippen molar-refractivity contribution in [2.75, 3.05) is 32.8 Å². The van der Waals surface area contributed by atoms with Gasteiger partial charge < -0.3 is 10.2 Å². The monoisotopic (exact) mass is 271 g/mol. The van der Waals surface area contributed by atoms with Gasteiger partial charge in [0.25, 0.3) is 0 Å². The molecule has 4 nitrogen and oxygen atoms in total. The van der Waals surface area contributed by atoms with Crippen LogP contribution in [-0.2, 0) is 0 Å². The largest absolute Gasteiger partial charge is 0.395 e. The highest BCUT2D eigenvalue weighted by molar-refractivity contribution is 6.31. The average Bonchev–Trinajstić information content (AvgIpc) is 2.36. The maximum absolute atomic E-state index is 11.9. The van der Waals surface area contributed by atoms with Crippen LogP contribution in [0.5, 0.6) is 0 Å². The summed E-state index contributed by atoms with van der Waals surface area (Å²) in [5, 5.41) is 18.3. The smallest absolute Gasteiger partial charge is 0.164 e. The van der Waals surface area contributed by atoms with Crippen LogP contribution in [0.25, 0.3) is 0 Å². The predicted octanol–water partition coefficient (Wildman–Crippen LogP) is 1.20. The second-order valence-electron chi connectivity index (χ2n) is 3.97. The molecule has 0 saturated heterocycles. The van der Waals surface area contributed by atoms with Crippen molar-refractivity contribution in [1.82, 2.24) is 4.90 Å². The Kier molecular flexibility index (Phi) is 6.90. The first-order chi connectivity index (χ1) is 8.67. The zero-order chi connectivity index (χ0) is 13.4. The van der Waals surface area contributed by atoms with Crippen LogP contribution in [-0.4, -0.2) is 53.7 Å². The first kappa shape index (κ1) is 15.1. The Bertz CT molecular complexity index is 378. The third-order valence-electron chi connectivity index (χ3n) is 2.63. The molecule has 5 heteroatoms. The molecule has 0 radical (unpaired) electrons. The Labute approximate surface area is 112 Å². The van der Waals surface area contributed by atoms with Gasteiger partial charge in [-0.05, 0) is 12.1 Å². The second kappa shape index (κ2) is 8.21. The number of hydrogen-bond acceptors (Lipinski definition) is 4. The molecule has 0 spiro atoms. The number of carbonyl (C=O) groups is 1. The molecule has 0 aliphatic rings. The van der Waals surface area contributed by atoms with Gasteiger partial charge in [0.15, 0.2) is 5.78 Å². The maximum Gasteiger partial charge on any atom is 0.164 e. The first-order valence-corrected chi connectivity index (χ1v) is 6.28. The van der Waals surface area contributed by atoms with Crippen LogP contribution in [0.1, 0.15) is 16.8 Å². The second-order valence-corrected chi connectivity index (χ2v) is 4.41. The van der Waals surface area contributed by atoms with Crippen molar-refractivity contribution >= 4 is 17.4 Å². The van der Waals surface area contributed by atoms with E-state index >= 15 is 0 Å². The van der Waals surface area contributed by atoms with Gasteiger partial charge in [0.1, 0.15) is 0 Å². The number of carbonyl (C=O) groups excluding carboxylic acids is 1. The van der Waals surface area contributed by atoms with Crippen molar-refractivity contribution in [1.29, 1.82) is 0 Å². The number of rotatable bonds is 8. The molecule has 18 heavy (non-hydrogen) atoms. The normalized spacial score (nSPS) is 10.9. The van der Waals surface area contributed by atoms with E-state index in [9.17, 15) is 4.79 Å². The summed E-state index contributed by atoms with van der Waals surface area (Å²) in [6, 6.07) is 6.85. The number of aliphatic hydroxyl groups is 2. The van der Waals surface area contributed by atoms with Crippen LogP contribution in [0.2, 0.25) is 5.02 Å². The molecule has 0 fully saturated rings. The van der Waals surface area contributed by atoms with Crippen molar-refractivity contribution < 1.29 is 15.0 Å². The lowest BCUT2D eigenvalue weighted by Gasteiger charge is -2.19. The highest BCUT2D eigenvalue weighted by Gasteiger charge is 2.09. The predicted molar refractivity (Wildman–Crippen MR) is 71.0 cm³/mol. The zero-order valence-electron chi connectivity index (χ0n) is 10.2. The quantitative estimate of drug-likeness (QED) is 0.698. The van der Waals surface area contributed by atoms with E-state index in [-0.39, 0.29) is 19.0 Å². The first-order valence-electron chi connectivity index (χ1n) is 5.90. The molecular formula is C13H18ClNO3. The van der Waals surface area contributed by atoms with Crippen molar-refractivity contribution in [3.05, 3.63) is 34.9 Å². The van der Waals surface area contributed by atoms with Crippen molar-refractivity contribution in [3.8, 4) is 0 Å². The van der Waals surface area contributed by atoms with Gasteiger partial charge in [-0.3, -0.25) is 9.69 Å². The topological polar surface area (TPSA) is 60.8 Å². The molecule has 0 unspecified atom stereocenters. The summed E-state index contributed by atoms with van der Waals surface area (Å²) in [5.74, 6) is 0.0124. The molecule has 0 saturated carbocycles. The summed E-state index contributed by atoms with van der Waals surface area (Å²) in [4.78, 5) is 13.7. The number of hydrogen-bond donors (Lipinski definition) is 2. The fourth-order valence-corrected chi connectivity index (χ4v) is 1.87. The van der Waals surface area contributed by atoms with Gasteiger partial charge in [0.05, 0.1) is 13.2 Å². The molecule has 0 bridgehead atoms. The Morgan fingerprint density at radius 2 is 1.83 bits per heavy atom. The molecule has 0 atom stereocenters. The van der Waals surface area contributed by atoms with Gasteiger partial charge in [-0.1, -0.05) is 23.7 Å². The number of aliphatic hydroxyl groups excluding tert-OH is 2. The molecule has 0 aliphatic heterocycles. The molecule has 1 aromatic rings. The lowest BCUT2D eigenvalue weighted by Crippen LogP contribution is -2.31. The lowest BCUT2D eigenvalue weighted by atomic mass is 10.1. The molecule has 0 aliphatic carbocycles. The minimum absolute atomic E-state index is 0.0124. The van der Waals surface area contributed by atoms with E-state index in [1.165, 1.54) is 0 Å². The van der Waals surface area contributed by atoms with Crippen LogP contribution in [0.15, 0.2) is 24.3 Å². The van der Waals surface area contributed by atoms with Crippen molar-refractivity contribution in [2.45, 2.75) is 6.42 Å². The Balaban J connectivity index is 2.49. The molecule has 1 rings (SSSR count).